The molecular weight excluding hydrogens is 338 g/mol. The van der Waals surface area contributed by atoms with Gasteiger partial charge in [0.25, 0.3) is 0 Å². The van der Waals surface area contributed by atoms with Crippen molar-refractivity contribution >= 4 is 33.7 Å². The van der Waals surface area contributed by atoms with Crippen LogP contribution in [0.15, 0.2) is 33.6 Å². The molecular formula is C15H20BrNO2S. The van der Waals surface area contributed by atoms with E-state index in [0.29, 0.717) is 18.1 Å². The molecule has 20 heavy (non-hydrogen) atoms. The summed E-state index contributed by atoms with van der Waals surface area (Å²) in [4.78, 5) is 12.8. The maximum Gasteiger partial charge on any atom is 0.323 e. The van der Waals surface area contributed by atoms with Gasteiger partial charge in [0.1, 0.15) is 5.54 Å². The third-order valence-electron chi connectivity index (χ3n) is 3.56. The summed E-state index contributed by atoms with van der Waals surface area (Å²) in [6.07, 6.45) is 2.32. The first-order valence-electron chi connectivity index (χ1n) is 6.84. The van der Waals surface area contributed by atoms with Gasteiger partial charge in [0.05, 0.1) is 0 Å². The number of thioether (sulfide) groups is 1. The summed E-state index contributed by atoms with van der Waals surface area (Å²) in [7, 11) is 0. The van der Waals surface area contributed by atoms with Crippen molar-refractivity contribution in [1.82, 2.24) is 5.32 Å². The van der Waals surface area contributed by atoms with Crippen molar-refractivity contribution in [1.29, 1.82) is 0 Å². The number of hydrogen-bond acceptors (Lipinski definition) is 3. The number of halogens is 1. The SMILES string of the molecule is CC(C)NC1(C(=O)O)CCC(Sc2ccc(Br)cc2)C1. The van der Waals surface area contributed by atoms with E-state index in [4.69, 9.17) is 0 Å². The summed E-state index contributed by atoms with van der Waals surface area (Å²) < 4.78 is 1.06. The predicted octanol–water partition coefficient (Wildman–Crippen LogP) is 3.92. The molecule has 2 atom stereocenters. The molecule has 2 N–H and O–H groups in total. The van der Waals surface area contributed by atoms with Crippen molar-refractivity contribution < 1.29 is 9.90 Å². The van der Waals surface area contributed by atoms with Crippen LogP contribution in [0.4, 0.5) is 0 Å². The lowest BCUT2D eigenvalue weighted by Gasteiger charge is -2.28. The number of nitrogens with one attached hydrogen (secondary N) is 1. The van der Waals surface area contributed by atoms with Crippen molar-refractivity contribution in [2.45, 2.75) is 54.8 Å². The highest BCUT2D eigenvalue weighted by molar-refractivity contribution is 9.10. The molecule has 5 heteroatoms. The zero-order valence-corrected chi connectivity index (χ0v) is 14.1. The first-order valence-corrected chi connectivity index (χ1v) is 8.52. The maximum atomic E-state index is 11.6. The Morgan fingerprint density at radius 1 is 1.45 bits per heavy atom. The van der Waals surface area contributed by atoms with Crippen molar-refractivity contribution in [3.8, 4) is 0 Å². The van der Waals surface area contributed by atoms with E-state index < -0.39 is 11.5 Å². The second-order valence-electron chi connectivity index (χ2n) is 5.62. The highest BCUT2D eigenvalue weighted by Crippen LogP contribution is 2.40. The number of carbonyl (C=O) groups is 1. The van der Waals surface area contributed by atoms with E-state index in [1.54, 1.807) is 11.8 Å². The van der Waals surface area contributed by atoms with Crippen molar-refractivity contribution in [2.24, 2.45) is 0 Å². The fourth-order valence-electron chi connectivity index (χ4n) is 2.75. The Labute approximate surface area is 132 Å². The van der Waals surface area contributed by atoms with Crippen LogP contribution in [0.5, 0.6) is 0 Å². The third-order valence-corrected chi connectivity index (χ3v) is 5.37. The molecule has 0 aromatic heterocycles. The van der Waals surface area contributed by atoms with Crippen LogP contribution < -0.4 is 5.32 Å². The van der Waals surface area contributed by atoms with Gasteiger partial charge in [0, 0.05) is 20.7 Å². The highest BCUT2D eigenvalue weighted by atomic mass is 79.9. The summed E-state index contributed by atoms with van der Waals surface area (Å²) in [5.41, 5.74) is -0.749. The van der Waals surface area contributed by atoms with Gasteiger partial charge in [0.2, 0.25) is 0 Å². The Bertz CT molecular complexity index is 477. The van der Waals surface area contributed by atoms with E-state index >= 15 is 0 Å². The lowest BCUT2D eigenvalue weighted by Crippen LogP contribution is -2.53. The fraction of sp³-hybridized carbons (Fsp3) is 0.533. The molecule has 0 amide bonds. The first kappa shape index (κ1) is 15.9. The van der Waals surface area contributed by atoms with Gasteiger partial charge >= 0.3 is 5.97 Å². The number of rotatable bonds is 5. The number of carboxylic acids is 1. The van der Waals surface area contributed by atoms with E-state index in [1.165, 1.54) is 4.90 Å². The summed E-state index contributed by atoms with van der Waals surface area (Å²) in [6.45, 7) is 4.00. The molecule has 0 saturated heterocycles. The molecule has 0 spiro atoms. The van der Waals surface area contributed by atoms with Crippen LogP contribution in [0.3, 0.4) is 0 Å². The van der Waals surface area contributed by atoms with Gasteiger partial charge in [-0.15, -0.1) is 11.8 Å². The summed E-state index contributed by atoms with van der Waals surface area (Å²) in [5, 5.41) is 13.2. The molecule has 3 nitrogen and oxygen atoms in total. The van der Waals surface area contributed by atoms with Gasteiger partial charge in [-0.25, -0.2) is 0 Å². The van der Waals surface area contributed by atoms with Crippen LogP contribution in [0.1, 0.15) is 33.1 Å². The van der Waals surface area contributed by atoms with Gasteiger partial charge in [-0.1, -0.05) is 15.9 Å². The number of hydrogen-bond donors (Lipinski definition) is 2. The van der Waals surface area contributed by atoms with Crippen LogP contribution in [0.2, 0.25) is 0 Å². The predicted molar refractivity (Wildman–Crippen MR) is 86.3 cm³/mol. The zero-order chi connectivity index (χ0) is 14.8. The van der Waals surface area contributed by atoms with Crippen LogP contribution in [0, 0.1) is 0 Å². The Balaban J connectivity index is 2.03. The lowest BCUT2D eigenvalue weighted by atomic mass is 9.97. The van der Waals surface area contributed by atoms with E-state index in [2.05, 4.69) is 33.4 Å². The lowest BCUT2D eigenvalue weighted by molar-refractivity contribution is -0.145. The standard InChI is InChI=1S/C15H20BrNO2S/c1-10(2)17-15(14(18)19)8-7-13(9-15)20-12-5-3-11(16)4-6-12/h3-6,10,13,17H,7-9H2,1-2H3,(H,18,19). The van der Waals surface area contributed by atoms with Gasteiger partial charge in [-0.3, -0.25) is 10.1 Å². The molecule has 1 aromatic carbocycles. The van der Waals surface area contributed by atoms with Crippen LogP contribution >= 0.6 is 27.7 Å². The molecule has 1 fully saturated rings. The van der Waals surface area contributed by atoms with Crippen molar-refractivity contribution in [2.75, 3.05) is 0 Å². The zero-order valence-electron chi connectivity index (χ0n) is 11.7. The molecule has 1 aromatic rings. The van der Waals surface area contributed by atoms with E-state index in [9.17, 15) is 9.90 Å². The van der Waals surface area contributed by atoms with E-state index in [0.717, 1.165) is 10.9 Å². The molecule has 0 heterocycles. The second kappa shape index (κ2) is 6.50. The monoisotopic (exact) mass is 357 g/mol. The normalized spacial score (nSPS) is 26.1. The van der Waals surface area contributed by atoms with Gasteiger partial charge in [0.15, 0.2) is 0 Å². The molecule has 2 rings (SSSR count). The second-order valence-corrected chi connectivity index (χ2v) is 7.91. The Hall–Kier alpha value is -0.520. The molecule has 0 bridgehead atoms. The molecule has 110 valence electrons. The molecule has 2 unspecified atom stereocenters. The smallest absolute Gasteiger partial charge is 0.323 e. The number of carboxylic acid groups (broad SMARTS) is 1. The van der Waals surface area contributed by atoms with Crippen LogP contribution in [-0.4, -0.2) is 27.9 Å². The topological polar surface area (TPSA) is 49.3 Å². The minimum Gasteiger partial charge on any atom is -0.480 e. The minimum atomic E-state index is -0.749. The average molecular weight is 358 g/mol. The third kappa shape index (κ3) is 3.77. The molecule has 0 radical (unpaired) electrons. The van der Waals surface area contributed by atoms with Gasteiger partial charge < -0.3 is 5.11 Å². The highest BCUT2D eigenvalue weighted by Gasteiger charge is 2.45. The first-order chi connectivity index (χ1) is 9.41. The number of aliphatic carboxylic acids is 1. The summed E-state index contributed by atoms with van der Waals surface area (Å²) in [5.74, 6) is -0.717. The van der Waals surface area contributed by atoms with Crippen molar-refractivity contribution in [3.63, 3.8) is 0 Å². The molecule has 1 aliphatic carbocycles. The van der Waals surface area contributed by atoms with Crippen LogP contribution in [0.25, 0.3) is 0 Å². The Morgan fingerprint density at radius 3 is 2.65 bits per heavy atom. The minimum absolute atomic E-state index is 0.183. The molecule has 0 aliphatic heterocycles. The van der Waals surface area contributed by atoms with Crippen LogP contribution in [-0.2, 0) is 4.79 Å². The van der Waals surface area contributed by atoms with Crippen molar-refractivity contribution in [3.05, 3.63) is 28.7 Å². The molecule has 1 saturated carbocycles. The van der Waals surface area contributed by atoms with E-state index in [1.807, 2.05) is 26.0 Å². The molecule has 1 aliphatic rings. The van der Waals surface area contributed by atoms with E-state index in [-0.39, 0.29) is 6.04 Å². The summed E-state index contributed by atoms with van der Waals surface area (Å²) in [6, 6.07) is 8.38. The fourth-order valence-corrected chi connectivity index (χ4v) is 4.29. The summed E-state index contributed by atoms with van der Waals surface area (Å²) >= 11 is 5.21. The quantitative estimate of drug-likeness (QED) is 0.838. The van der Waals surface area contributed by atoms with Gasteiger partial charge in [-0.2, -0.15) is 0 Å². The largest absolute Gasteiger partial charge is 0.480 e. The Morgan fingerprint density at radius 2 is 2.10 bits per heavy atom. The van der Waals surface area contributed by atoms with Gasteiger partial charge in [-0.05, 0) is 57.4 Å². The Kier molecular flexibility index (Phi) is 5.15. The number of benzene rings is 1. The average Bonchev–Trinajstić information content (AvgIpc) is 2.76. The maximum absolute atomic E-state index is 11.6.